The molecule has 0 saturated heterocycles. The van der Waals surface area contributed by atoms with Gasteiger partial charge in [-0.25, -0.2) is 13.6 Å². The predicted molar refractivity (Wildman–Crippen MR) is 81.8 cm³/mol. The molecule has 5 nitrogen and oxygen atoms in total. The van der Waals surface area contributed by atoms with Crippen molar-refractivity contribution in [2.45, 2.75) is 13.2 Å². The molecular weight excluding hydrogens is 344 g/mol. The minimum absolute atomic E-state index is 0.0139. The Labute approximate surface area is 140 Å². The Morgan fingerprint density at radius 2 is 1.88 bits per heavy atom. The number of anilines is 1. The minimum atomic E-state index is -2.99. The first kappa shape index (κ1) is 18.4. The van der Waals surface area contributed by atoms with Crippen LogP contribution in [0.2, 0.25) is 0 Å². The lowest BCUT2D eigenvalue weighted by Gasteiger charge is -2.12. The quantitative estimate of drug-likeness (QED) is 0.770. The Morgan fingerprint density at radius 3 is 2.52 bits per heavy atom. The third-order valence-corrected chi connectivity index (χ3v) is 3.08. The number of nitrogens with one attached hydrogen (secondary N) is 2. The lowest BCUT2D eigenvalue weighted by atomic mass is 10.2. The molecule has 0 fully saturated rings. The van der Waals surface area contributed by atoms with Gasteiger partial charge < -0.3 is 20.1 Å². The van der Waals surface area contributed by atoms with E-state index in [0.29, 0.717) is 11.6 Å². The zero-order valence-corrected chi connectivity index (χ0v) is 13.0. The molecule has 0 aliphatic heterocycles. The summed E-state index contributed by atoms with van der Waals surface area (Å²) in [7, 11) is 1.29. The lowest BCUT2D eigenvalue weighted by molar-refractivity contribution is -0.0512. The van der Waals surface area contributed by atoms with Crippen LogP contribution in [0, 0.1) is 11.6 Å². The van der Waals surface area contributed by atoms with Crippen molar-refractivity contribution in [3.8, 4) is 11.5 Å². The third kappa shape index (κ3) is 5.27. The highest BCUT2D eigenvalue weighted by molar-refractivity contribution is 5.89. The van der Waals surface area contributed by atoms with Gasteiger partial charge in [-0.05, 0) is 29.8 Å². The molecule has 0 aliphatic rings. The van der Waals surface area contributed by atoms with E-state index in [4.69, 9.17) is 4.74 Å². The molecule has 0 heterocycles. The monoisotopic (exact) mass is 358 g/mol. The van der Waals surface area contributed by atoms with Crippen LogP contribution in [0.1, 0.15) is 5.56 Å². The van der Waals surface area contributed by atoms with Crippen LogP contribution in [0.4, 0.5) is 28.0 Å². The molecule has 0 radical (unpaired) electrons. The van der Waals surface area contributed by atoms with Gasteiger partial charge in [0, 0.05) is 12.6 Å². The number of benzene rings is 2. The molecule has 0 aromatic heterocycles. The fourth-order valence-electron chi connectivity index (χ4n) is 1.95. The highest BCUT2D eigenvalue weighted by Gasteiger charge is 2.12. The van der Waals surface area contributed by atoms with Gasteiger partial charge in [-0.3, -0.25) is 0 Å². The fraction of sp³-hybridized carbons (Fsp3) is 0.188. The fourth-order valence-corrected chi connectivity index (χ4v) is 1.95. The van der Waals surface area contributed by atoms with E-state index in [2.05, 4.69) is 15.4 Å². The number of alkyl halides is 2. The summed E-state index contributed by atoms with van der Waals surface area (Å²) in [5.74, 6) is -1.74. The van der Waals surface area contributed by atoms with Crippen molar-refractivity contribution < 1.29 is 31.8 Å². The first-order valence-corrected chi connectivity index (χ1v) is 7.00. The second-order valence-electron chi connectivity index (χ2n) is 4.80. The molecule has 2 aromatic rings. The number of halogens is 4. The van der Waals surface area contributed by atoms with E-state index in [1.54, 1.807) is 0 Å². The standard InChI is InChI=1S/C16H14F4N2O3/c1-24-14-6-9(2-5-13(14)25-15(19)20)8-21-16(23)22-12-4-3-10(17)7-11(12)18/h2-7,15H,8H2,1H3,(H2,21,22,23). The number of ether oxygens (including phenoxy) is 2. The molecule has 0 bridgehead atoms. The van der Waals surface area contributed by atoms with E-state index in [0.717, 1.165) is 12.1 Å². The zero-order valence-electron chi connectivity index (χ0n) is 13.0. The van der Waals surface area contributed by atoms with Crippen LogP contribution in [-0.2, 0) is 6.54 Å². The summed E-state index contributed by atoms with van der Waals surface area (Å²) in [6.45, 7) is -2.98. The van der Waals surface area contributed by atoms with Gasteiger partial charge in [-0.15, -0.1) is 0 Å². The molecule has 2 rings (SSSR count). The van der Waals surface area contributed by atoms with E-state index >= 15 is 0 Å². The van der Waals surface area contributed by atoms with Crippen molar-refractivity contribution in [2.75, 3.05) is 12.4 Å². The maximum Gasteiger partial charge on any atom is 0.387 e. The molecule has 2 amide bonds. The number of rotatable bonds is 6. The number of hydrogen-bond acceptors (Lipinski definition) is 3. The van der Waals surface area contributed by atoms with Gasteiger partial charge in [-0.1, -0.05) is 6.07 Å². The summed E-state index contributed by atoms with van der Waals surface area (Å²) >= 11 is 0. The van der Waals surface area contributed by atoms with Crippen molar-refractivity contribution in [1.82, 2.24) is 5.32 Å². The maximum absolute atomic E-state index is 13.4. The van der Waals surface area contributed by atoms with Crippen LogP contribution in [0.15, 0.2) is 36.4 Å². The smallest absolute Gasteiger partial charge is 0.387 e. The number of carbonyl (C=O) groups excluding carboxylic acids is 1. The van der Waals surface area contributed by atoms with Crippen LogP contribution in [0.3, 0.4) is 0 Å². The van der Waals surface area contributed by atoms with Crippen molar-refractivity contribution in [3.05, 3.63) is 53.6 Å². The molecule has 0 aliphatic carbocycles. The van der Waals surface area contributed by atoms with Gasteiger partial charge in [-0.2, -0.15) is 8.78 Å². The van der Waals surface area contributed by atoms with Crippen LogP contribution < -0.4 is 20.1 Å². The summed E-state index contributed by atoms with van der Waals surface area (Å²) in [5, 5.41) is 4.67. The number of hydrogen-bond donors (Lipinski definition) is 2. The van der Waals surface area contributed by atoms with Gasteiger partial charge in [0.25, 0.3) is 0 Å². The van der Waals surface area contributed by atoms with Crippen LogP contribution in [-0.4, -0.2) is 19.8 Å². The highest BCUT2D eigenvalue weighted by Crippen LogP contribution is 2.29. The molecule has 0 atom stereocenters. The van der Waals surface area contributed by atoms with E-state index < -0.39 is 24.3 Å². The number of urea groups is 1. The van der Waals surface area contributed by atoms with Gasteiger partial charge >= 0.3 is 12.6 Å². The van der Waals surface area contributed by atoms with E-state index in [-0.39, 0.29) is 23.7 Å². The normalized spacial score (nSPS) is 10.5. The molecule has 0 unspecified atom stereocenters. The Balaban J connectivity index is 1.97. The van der Waals surface area contributed by atoms with Crippen molar-refractivity contribution in [1.29, 1.82) is 0 Å². The maximum atomic E-state index is 13.4. The molecule has 134 valence electrons. The van der Waals surface area contributed by atoms with E-state index in [1.165, 1.54) is 25.3 Å². The topological polar surface area (TPSA) is 59.6 Å². The Bertz CT molecular complexity index is 756. The summed E-state index contributed by atoms with van der Waals surface area (Å²) in [6.07, 6.45) is 0. The second-order valence-corrected chi connectivity index (χ2v) is 4.80. The number of methoxy groups -OCH3 is 1. The third-order valence-electron chi connectivity index (χ3n) is 3.08. The molecule has 0 saturated carbocycles. The van der Waals surface area contributed by atoms with Crippen molar-refractivity contribution >= 4 is 11.7 Å². The summed E-state index contributed by atoms with van der Waals surface area (Å²) in [6, 6.07) is 6.16. The van der Waals surface area contributed by atoms with Crippen LogP contribution in [0.25, 0.3) is 0 Å². The summed E-state index contributed by atoms with van der Waals surface area (Å²) in [4.78, 5) is 11.8. The number of carbonyl (C=O) groups is 1. The van der Waals surface area contributed by atoms with Gasteiger partial charge in [0.2, 0.25) is 0 Å². The van der Waals surface area contributed by atoms with Gasteiger partial charge in [0.05, 0.1) is 12.8 Å². The van der Waals surface area contributed by atoms with E-state index in [1.807, 2.05) is 0 Å². The SMILES string of the molecule is COc1cc(CNC(=O)Nc2ccc(F)cc2F)ccc1OC(F)F. The first-order valence-electron chi connectivity index (χ1n) is 7.00. The molecular formula is C16H14F4N2O3. The summed E-state index contributed by atoms with van der Waals surface area (Å²) < 4.78 is 60.0. The molecule has 25 heavy (non-hydrogen) atoms. The number of amides is 2. The Hall–Kier alpha value is -2.97. The van der Waals surface area contributed by atoms with Crippen LogP contribution >= 0.6 is 0 Å². The molecule has 2 aromatic carbocycles. The van der Waals surface area contributed by atoms with E-state index in [9.17, 15) is 22.4 Å². The highest BCUT2D eigenvalue weighted by atomic mass is 19.3. The summed E-state index contributed by atoms with van der Waals surface area (Å²) in [5.41, 5.74) is 0.352. The largest absolute Gasteiger partial charge is 0.493 e. The molecule has 2 N–H and O–H groups in total. The Morgan fingerprint density at radius 1 is 1.12 bits per heavy atom. The van der Waals surface area contributed by atoms with Crippen molar-refractivity contribution in [2.24, 2.45) is 0 Å². The zero-order chi connectivity index (χ0) is 18.4. The van der Waals surface area contributed by atoms with Crippen molar-refractivity contribution in [3.63, 3.8) is 0 Å². The Kier molecular flexibility index (Phi) is 6.04. The second kappa shape index (κ2) is 8.22. The average molecular weight is 358 g/mol. The molecule has 0 spiro atoms. The van der Waals surface area contributed by atoms with Gasteiger partial charge in [0.15, 0.2) is 11.5 Å². The average Bonchev–Trinajstić information content (AvgIpc) is 2.56. The van der Waals surface area contributed by atoms with Gasteiger partial charge in [0.1, 0.15) is 11.6 Å². The van der Waals surface area contributed by atoms with Crippen LogP contribution in [0.5, 0.6) is 11.5 Å². The molecule has 9 heteroatoms. The lowest BCUT2D eigenvalue weighted by Crippen LogP contribution is -2.28. The first-order chi connectivity index (χ1) is 11.9. The minimum Gasteiger partial charge on any atom is -0.493 e. The predicted octanol–water partition coefficient (Wildman–Crippen LogP) is 3.90.